The highest BCUT2D eigenvalue weighted by molar-refractivity contribution is 9.10. The first kappa shape index (κ1) is 14.1. The summed E-state index contributed by atoms with van der Waals surface area (Å²) >= 11 is 3.53. The van der Waals surface area contributed by atoms with Gasteiger partial charge in [0.25, 0.3) is 0 Å². The Morgan fingerprint density at radius 1 is 1.41 bits per heavy atom. The van der Waals surface area contributed by atoms with Gasteiger partial charge in [-0.1, -0.05) is 15.9 Å². The molecule has 0 radical (unpaired) electrons. The van der Waals surface area contributed by atoms with Crippen molar-refractivity contribution in [3.63, 3.8) is 0 Å². The highest BCUT2D eigenvalue weighted by Crippen LogP contribution is 2.22. The number of rotatable bonds is 7. The van der Waals surface area contributed by atoms with Crippen LogP contribution in [-0.2, 0) is 6.54 Å². The molecule has 0 saturated carbocycles. The lowest BCUT2D eigenvalue weighted by Crippen LogP contribution is -2.15. The quantitative estimate of drug-likeness (QED) is 0.615. The summed E-state index contributed by atoms with van der Waals surface area (Å²) in [6.45, 7) is 1.83. The Hall–Kier alpha value is -0.980. The molecule has 0 spiro atoms. The van der Waals surface area contributed by atoms with E-state index in [-0.39, 0.29) is 0 Å². The molecule has 0 bridgehead atoms. The number of ether oxygens (including phenoxy) is 1. The molecule has 0 aliphatic heterocycles. The van der Waals surface area contributed by atoms with Crippen LogP contribution in [0.1, 0.15) is 24.8 Å². The van der Waals surface area contributed by atoms with E-state index < -0.39 is 0 Å². The first-order valence-corrected chi connectivity index (χ1v) is 6.54. The summed E-state index contributed by atoms with van der Waals surface area (Å²) in [4.78, 5) is 0. The molecule has 0 fully saturated rings. The fraction of sp³-hybridized carbons (Fsp3) is 0.429. The van der Waals surface area contributed by atoms with E-state index >= 15 is 0 Å². The van der Waals surface area contributed by atoms with Gasteiger partial charge in [0.2, 0.25) is 0 Å². The standard InChI is InChI=1S/C14H18BrNO/c1-3-4-5-6-9-16-11-12-10-13(17-2)7-8-14(12)15/h1,7-8,10,16H,4-6,9,11H2,2H3. The molecular weight excluding hydrogens is 278 g/mol. The van der Waals surface area contributed by atoms with Gasteiger partial charge >= 0.3 is 0 Å². The maximum absolute atomic E-state index is 5.20. The van der Waals surface area contributed by atoms with Crippen LogP contribution in [0.25, 0.3) is 0 Å². The minimum atomic E-state index is 0.841. The minimum absolute atomic E-state index is 0.841. The van der Waals surface area contributed by atoms with Crippen LogP contribution in [0.3, 0.4) is 0 Å². The number of terminal acetylenes is 1. The maximum Gasteiger partial charge on any atom is 0.119 e. The number of hydrogen-bond acceptors (Lipinski definition) is 2. The zero-order valence-electron chi connectivity index (χ0n) is 10.1. The maximum atomic E-state index is 5.20. The molecule has 0 amide bonds. The molecule has 0 aromatic heterocycles. The molecule has 0 aliphatic carbocycles. The Labute approximate surface area is 112 Å². The lowest BCUT2D eigenvalue weighted by molar-refractivity contribution is 0.414. The summed E-state index contributed by atoms with van der Waals surface area (Å²) in [5.41, 5.74) is 1.21. The fourth-order valence-corrected chi connectivity index (χ4v) is 1.90. The van der Waals surface area contributed by atoms with Crippen LogP contribution in [-0.4, -0.2) is 13.7 Å². The number of unbranched alkanes of at least 4 members (excludes halogenated alkanes) is 2. The van der Waals surface area contributed by atoms with E-state index in [1.807, 2.05) is 18.2 Å². The van der Waals surface area contributed by atoms with Crippen LogP contribution in [0.5, 0.6) is 5.75 Å². The highest BCUT2D eigenvalue weighted by atomic mass is 79.9. The van der Waals surface area contributed by atoms with E-state index in [4.69, 9.17) is 11.2 Å². The molecule has 92 valence electrons. The largest absolute Gasteiger partial charge is 0.497 e. The second-order valence-electron chi connectivity index (χ2n) is 3.80. The van der Waals surface area contributed by atoms with Crippen LogP contribution in [0, 0.1) is 12.3 Å². The molecule has 0 unspecified atom stereocenters. The first-order valence-electron chi connectivity index (χ1n) is 5.74. The van der Waals surface area contributed by atoms with Crippen molar-refractivity contribution < 1.29 is 4.74 Å². The van der Waals surface area contributed by atoms with Crippen molar-refractivity contribution in [2.45, 2.75) is 25.8 Å². The molecule has 1 N–H and O–H groups in total. The van der Waals surface area contributed by atoms with E-state index in [9.17, 15) is 0 Å². The van der Waals surface area contributed by atoms with Gasteiger partial charge in [0, 0.05) is 17.4 Å². The van der Waals surface area contributed by atoms with Gasteiger partial charge in [0.1, 0.15) is 5.75 Å². The van der Waals surface area contributed by atoms with Crippen LogP contribution in [0.4, 0.5) is 0 Å². The van der Waals surface area contributed by atoms with Crippen LogP contribution < -0.4 is 10.1 Å². The fourth-order valence-electron chi connectivity index (χ4n) is 1.51. The van der Waals surface area contributed by atoms with Gasteiger partial charge in [0.15, 0.2) is 0 Å². The molecule has 1 aromatic carbocycles. The molecule has 1 rings (SSSR count). The monoisotopic (exact) mass is 295 g/mol. The van der Waals surface area contributed by atoms with Gasteiger partial charge in [-0.25, -0.2) is 0 Å². The predicted molar refractivity (Wildman–Crippen MR) is 75.1 cm³/mol. The lowest BCUT2D eigenvalue weighted by Gasteiger charge is -2.08. The number of methoxy groups -OCH3 is 1. The normalized spacial score (nSPS) is 9.94. The zero-order valence-corrected chi connectivity index (χ0v) is 11.7. The molecule has 17 heavy (non-hydrogen) atoms. The van der Waals surface area contributed by atoms with E-state index in [1.165, 1.54) is 5.56 Å². The molecule has 0 atom stereocenters. The van der Waals surface area contributed by atoms with Gasteiger partial charge in [0.05, 0.1) is 7.11 Å². The second-order valence-corrected chi connectivity index (χ2v) is 4.65. The minimum Gasteiger partial charge on any atom is -0.497 e. The summed E-state index contributed by atoms with van der Waals surface area (Å²) in [7, 11) is 1.68. The van der Waals surface area contributed by atoms with Gasteiger partial charge in [-0.3, -0.25) is 0 Å². The zero-order chi connectivity index (χ0) is 12.5. The number of hydrogen-bond donors (Lipinski definition) is 1. The van der Waals surface area contributed by atoms with Crippen molar-refractivity contribution >= 4 is 15.9 Å². The molecular formula is C14H18BrNO. The average molecular weight is 296 g/mol. The summed E-state index contributed by atoms with van der Waals surface area (Å²) in [5, 5.41) is 3.40. The Bertz CT molecular complexity index is 384. The van der Waals surface area contributed by atoms with Gasteiger partial charge in [-0.05, 0) is 43.1 Å². The average Bonchev–Trinajstić information content (AvgIpc) is 2.35. The van der Waals surface area contributed by atoms with E-state index in [1.54, 1.807) is 7.11 Å². The summed E-state index contributed by atoms with van der Waals surface area (Å²) in [6.07, 6.45) is 8.26. The van der Waals surface area contributed by atoms with Crippen molar-refractivity contribution in [1.82, 2.24) is 5.32 Å². The van der Waals surface area contributed by atoms with Crippen molar-refractivity contribution in [3.05, 3.63) is 28.2 Å². The third-order valence-electron chi connectivity index (χ3n) is 2.49. The third-order valence-corrected chi connectivity index (χ3v) is 3.27. The third kappa shape index (κ3) is 5.25. The Balaban J connectivity index is 2.33. The van der Waals surface area contributed by atoms with Crippen LogP contribution >= 0.6 is 15.9 Å². The molecule has 2 nitrogen and oxygen atoms in total. The second kappa shape index (κ2) is 8.16. The van der Waals surface area contributed by atoms with E-state index in [2.05, 4.69) is 27.2 Å². The van der Waals surface area contributed by atoms with Gasteiger partial charge in [-0.15, -0.1) is 12.3 Å². The molecule has 1 aromatic rings. The topological polar surface area (TPSA) is 21.3 Å². The van der Waals surface area contributed by atoms with E-state index in [0.29, 0.717) is 0 Å². The Morgan fingerprint density at radius 3 is 2.94 bits per heavy atom. The van der Waals surface area contributed by atoms with Gasteiger partial charge in [-0.2, -0.15) is 0 Å². The highest BCUT2D eigenvalue weighted by Gasteiger charge is 2.01. The predicted octanol–water partition coefficient (Wildman–Crippen LogP) is 3.35. The van der Waals surface area contributed by atoms with Crippen LogP contribution in [0.2, 0.25) is 0 Å². The van der Waals surface area contributed by atoms with Crippen molar-refractivity contribution in [1.29, 1.82) is 0 Å². The van der Waals surface area contributed by atoms with Crippen molar-refractivity contribution in [3.8, 4) is 18.1 Å². The summed E-state index contributed by atoms with van der Waals surface area (Å²) < 4.78 is 6.30. The summed E-state index contributed by atoms with van der Waals surface area (Å²) in [5.74, 6) is 3.54. The van der Waals surface area contributed by atoms with Crippen molar-refractivity contribution in [2.75, 3.05) is 13.7 Å². The molecule has 3 heteroatoms. The number of nitrogens with one attached hydrogen (secondary N) is 1. The lowest BCUT2D eigenvalue weighted by atomic mass is 10.2. The molecule has 0 saturated heterocycles. The number of benzene rings is 1. The van der Waals surface area contributed by atoms with Gasteiger partial charge < -0.3 is 10.1 Å². The molecule has 0 heterocycles. The Morgan fingerprint density at radius 2 is 2.24 bits per heavy atom. The first-order chi connectivity index (χ1) is 8.27. The molecule has 0 aliphatic rings. The van der Waals surface area contributed by atoms with E-state index in [0.717, 1.165) is 42.6 Å². The Kier molecular flexibility index (Phi) is 6.76. The summed E-state index contributed by atoms with van der Waals surface area (Å²) in [6, 6.07) is 5.99. The smallest absolute Gasteiger partial charge is 0.119 e. The SMILES string of the molecule is C#CCCCCNCc1cc(OC)ccc1Br. The van der Waals surface area contributed by atoms with Crippen LogP contribution in [0.15, 0.2) is 22.7 Å². The number of halogens is 1. The van der Waals surface area contributed by atoms with Crippen molar-refractivity contribution in [2.24, 2.45) is 0 Å².